The van der Waals surface area contributed by atoms with E-state index in [0.29, 0.717) is 49.0 Å². The lowest BCUT2D eigenvalue weighted by molar-refractivity contribution is -0.0123. The molecule has 3 saturated heterocycles. The van der Waals surface area contributed by atoms with Gasteiger partial charge in [0.25, 0.3) is 0 Å². The Morgan fingerprint density at radius 2 is 2.05 bits per heavy atom. The smallest absolute Gasteiger partial charge is 0.321 e. The van der Waals surface area contributed by atoms with Crippen LogP contribution in [0.3, 0.4) is 0 Å². The topological polar surface area (TPSA) is 173 Å². The van der Waals surface area contributed by atoms with Gasteiger partial charge in [-0.3, -0.25) is 4.90 Å². The van der Waals surface area contributed by atoms with E-state index in [-0.39, 0.29) is 48.9 Å². The molecular formula is C29H36FN9O4S. The average Bonchev–Trinajstić information content (AvgIpc) is 3.73. The van der Waals surface area contributed by atoms with Crippen molar-refractivity contribution >= 4 is 22.3 Å². The van der Waals surface area contributed by atoms with Crippen LogP contribution in [0.4, 0.5) is 15.3 Å². The van der Waals surface area contributed by atoms with Gasteiger partial charge in [0, 0.05) is 30.0 Å². The number of hydrogen-bond acceptors (Lipinski definition) is 14. The van der Waals surface area contributed by atoms with E-state index in [2.05, 4.69) is 31.1 Å². The summed E-state index contributed by atoms with van der Waals surface area (Å²) in [5.74, 6) is 0.914. The van der Waals surface area contributed by atoms with E-state index in [1.807, 2.05) is 11.8 Å². The predicted molar refractivity (Wildman–Crippen MR) is 158 cm³/mol. The molecule has 4 atom stereocenters. The minimum atomic E-state index is -1.12. The normalized spacial score (nSPS) is 30.5. The fraction of sp³-hybridized carbons (Fsp3) is 0.655. The molecule has 3 aliphatic heterocycles. The van der Waals surface area contributed by atoms with Gasteiger partial charge in [0.1, 0.15) is 29.4 Å². The Morgan fingerprint density at radius 1 is 1.18 bits per heavy atom. The van der Waals surface area contributed by atoms with Crippen molar-refractivity contribution in [2.24, 2.45) is 0 Å². The molecule has 0 spiro atoms. The number of fused-ring (bicyclic) bond motifs is 2. The highest BCUT2D eigenvalue weighted by molar-refractivity contribution is 7.16. The van der Waals surface area contributed by atoms with Crippen molar-refractivity contribution in [1.29, 1.82) is 5.26 Å². The van der Waals surface area contributed by atoms with Gasteiger partial charge in [-0.15, -0.1) is 11.3 Å². The van der Waals surface area contributed by atoms with Crippen LogP contribution in [0.25, 0.3) is 11.6 Å². The number of anilines is 2. The summed E-state index contributed by atoms with van der Waals surface area (Å²) in [6.45, 7) is 6.41. The molecule has 1 unspecified atom stereocenters. The van der Waals surface area contributed by atoms with E-state index in [4.69, 9.17) is 24.7 Å². The molecule has 3 aromatic rings. The third kappa shape index (κ3) is 5.07. The molecule has 234 valence electrons. The summed E-state index contributed by atoms with van der Waals surface area (Å²) >= 11 is 1.44. The van der Waals surface area contributed by atoms with Crippen LogP contribution in [0.15, 0.2) is 4.52 Å². The molecule has 6 heterocycles. The van der Waals surface area contributed by atoms with Gasteiger partial charge in [0.05, 0.1) is 36.3 Å². The molecule has 3 aromatic heterocycles. The van der Waals surface area contributed by atoms with Gasteiger partial charge in [-0.05, 0) is 52.5 Å². The average molecular weight is 626 g/mol. The Kier molecular flexibility index (Phi) is 7.23. The van der Waals surface area contributed by atoms with Crippen molar-refractivity contribution in [2.75, 3.05) is 56.6 Å². The lowest BCUT2D eigenvalue weighted by Crippen LogP contribution is -2.44. The first-order valence-electron chi connectivity index (χ1n) is 15.1. The Morgan fingerprint density at radius 3 is 2.89 bits per heavy atom. The van der Waals surface area contributed by atoms with E-state index < -0.39 is 17.2 Å². The Labute approximate surface area is 258 Å². The first-order chi connectivity index (χ1) is 21.1. The second-order valence-corrected chi connectivity index (χ2v) is 14.1. The Bertz CT molecular complexity index is 1610. The van der Waals surface area contributed by atoms with E-state index in [9.17, 15) is 14.8 Å². The summed E-state index contributed by atoms with van der Waals surface area (Å²) < 4.78 is 32.1. The molecule has 4 aliphatic rings. The van der Waals surface area contributed by atoms with Gasteiger partial charge < -0.3 is 29.7 Å². The molecule has 0 radical (unpaired) electrons. The van der Waals surface area contributed by atoms with Gasteiger partial charge >= 0.3 is 6.01 Å². The van der Waals surface area contributed by atoms with Crippen molar-refractivity contribution < 1.29 is 23.5 Å². The highest BCUT2D eigenvalue weighted by Gasteiger charge is 2.49. The lowest BCUT2D eigenvalue weighted by atomic mass is 9.72. The fourth-order valence-corrected chi connectivity index (χ4v) is 8.51. The molecule has 0 amide bonds. The third-order valence-electron chi connectivity index (χ3n) is 9.42. The lowest BCUT2D eigenvalue weighted by Gasteiger charge is -2.31. The molecule has 0 saturated carbocycles. The van der Waals surface area contributed by atoms with Crippen LogP contribution in [0, 0.1) is 11.3 Å². The monoisotopic (exact) mass is 625 g/mol. The number of nitrogens with two attached hydrogens (primary N) is 1. The molecule has 44 heavy (non-hydrogen) atoms. The number of alkyl halides is 1. The van der Waals surface area contributed by atoms with E-state index in [1.54, 1.807) is 6.92 Å². The summed E-state index contributed by atoms with van der Waals surface area (Å²) in [4.78, 5) is 23.7. The van der Waals surface area contributed by atoms with Gasteiger partial charge in [-0.2, -0.15) is 25.2 Å². The zero-order valence-corrected chi connectivity index (χ0v) is 25.7. The van der Waals surface area contributed by atoms with Crippen LogP contribution in [0.1, 0.15) is 67.8 Å². The summed E-state index contributed by atoms with van der Waals surface area (Å²) in [5, 5.41) is 25.5. The van der Waals surface area contributed by atoms with Crippen LogP contribution >= 0.6 is 11.3 Å². The molecule has 0 bridgehead atoms. The number of β-amino-alcohol motifs (C(OH)–C–C–N with tert-alkyl or cyclic N) is 1. The highest BCUT2D eigenvalue weighted by Crippen LogP contribution is 2.48. The molecule has 1 aliphatic carbocycles. The number of rotatable bonds is 6. The van der Waals surface area contributed by atoms with Crippen molar-refractivity contribution in [1.82, 2.24) is 30.0 Å². The summed E-state index contributed by atoms with van der Waals surface area (Å²) in [5.41, 5.74) is 5.30. The van der Waals surface area contributed by atoms with Gasteiger partial charge in [-0.25, -0.2) is 4.39 Å². The number of ether oxygens (including phenoxy) is 2. The number of aliphatic hydroxyl groups is 1. The minimum Gasteiger partial charge on any atom is -0.461 e. The third-order valence-corrected chi connectivity index (χ3v) is 10.5. The van der Waals surface area contributed by atoms with Gasteiger partial charge in [0.15, 0.2) is 0 Å². The van der Waals surface area contributed by atoms with Crippen molar-refractivity contribution in [3.8, 4) is 23.7 Å². The summed E-state index contributed by atoms with van der Waals surface area (Å²) in [7, 11) is 0. The van der Waals surface area contributed by atoms with Crippen LogP contribution < -0.4 is 15.4 Å². The molecule has 7 rings (SSSR count). The molecule has 13 nitrogen and oxygen atoms in total. The quantitative estimate of drug-likeness (QED) is 0.410. The number of nitrogens with zero attached hydrogens (tertiary/aromatic N) is 8. The van der Waals surface area contributed by atoms with Gasteiger partial charge in [0.2, 0.25) is 23.5 Å². The minimum absolute atomic E-state index is 0.0632. The van der Waals surface area contributed by atoms with Gasteiger partial charge in [-0.1, -0.05) is 5.16 Å². The van der Waals surface area contributed by atoms with E-state index in [0.717, 1.165) is 42.7 Å². The number of nitrogen functional groups attached to an aromatic ring is 1. The number of thiophene rings is 1. The fourth-order valence-electron chi connectivity index (χ4n) is 7.32. The SMILES string of the molecule is CC1(O)COCCN(c2nc(OC[C@@]34CCCN3C[C@H](F)C4)nc(-c3noc([C@@]4(C)CCCc5sc(N)c(C#N)c54)n3)n2)C1. The first-order valence-corrected chi connectivity index (χ1v) is 15.9. The Hall–Kier alpha value is -3.45. The van der Waals surface area contributed by atoms with Crippen LogP contribution in [-0.4, -0.2) is 98.4 Å². The summed E-state index contributed by atoms with van der Waals surface area (Å²) in [6, 6.07) is 2.33. The maximum absolute atomic E-state index is 14.4. The number of aromatic nitrogens is 5. The van der Waals surface area contributed by atoms with Crippen LogP contribution in [-0.2, 0) is 16.6 Å². The van der Waals surface area contributed by atoms with E-state index in [1.165, 1.54) is 11.3 Å². The standard InChI is InChI=1S/C29H36FN9O4S/c1-27(40)14-38(9-10-41-15-27)25-34-22(35-26(36-25)42-16-29-7-4-8-39(29)13-17(30)11-29)23-33-24(43-37-23)28(2)6-3-5-19-20(28)18(12-31)21(32)44-19/h17,40H,3-11,13-16,32H2,1-2H3/t17-,27?,28+,29+/m1/s1. The molecular weight excluding hydrogens is 589 g/mol. The number of aryl methyl sites for hydroxylation is 1. The summed E-state index contributed by atoms with van der Waals surface area (Å²) in [6.07, 6.45) is 3.79. The molecule has 3 N–H and O–H groups in total. The second-order valence-electron chi connectivity index (χ2n) is 12.9. The highest BCUT2D eigenvalue weighted by atomic mass is 32.1. The van der Waals surface area contributed by atoms with Crippen LogP contribution in [0.2, 0.25) is 0 Å². The number of hydrogen-bond donors (Lipinski definition) is 2. The maximum Gasteiger partial charge on any atom is 0.321 e. The van der Waals surface area contributed by atoms with Crippen molar-refractivity contribution in [2.45, 2.75) is 75.1 Å². The number of nitriles is 1. The van der Waals surface area contributed by atoms with Crippen molar-refractivity contribution in [3.63, 3.8) is 0 Å². The molecule has 0 aromatic carbocycles. The van der Waals surface area contributed by atoms with Crippen molar-refractivity contribution in [3.05, 3.63) is 21.9 Å². The molecule has 3 fully saturated rings. The first kappa shape index (κ1) is 29.3. The zero-order chi connectivity index (χ0) is 30.7. The number of halogens is 1. The largest absolute Gasteiger partial charge is 0.461 e. The second kappa shape index (κ2) is 10.9. The van der Waals surface area contributed by atoms with Crippen LogP contribution in [0.5, 0.6) is 6.01 Å². The Balaban J connectivity index is 1.25. The predicted octanol–water partition coefficient (Wildman–Crippen LogP) is 2.62. The zero-order valence-electron chi connectivity index (χ0n) is 24.9. The maximum atomic E-state index is 14.4. The van der Waals surface area contributed by atoms with E-state index >= 15 is 0 Å². The molecule has 15 heteroatoms.